The van der Waals surface area contributed by atoms with Crippen LogP contribution < -0.4 is 0 Å². The smallest absolute Gasteiger partial charge is 0.311 e. The molecule has 2 bridgehead atoms. The van der Waals surface area contributed by atoms with E-state index < -0.39 is 0 Å². The third-order valence-electron chi connectivity index (χ3n) is 2.61. The number of fused-ring (bicyclic) bond motifs is 2. The van der Waals surface area contributed by atoms with E-state index in [1.165, 1.54) is 7.11 Å². The summed E-state index contributed by atoms with van der Waals surface area (Å²) in [6, 6.07) is 0. The Morgan fingerprint density at radius 3 is 2.82 bits per heavy atom. The minimum atomic E-state index is -0.0998. The van der Waals surface area contributed by atoms with Crippen LogP contribution in [0.25, 0.3) is 0 Å². The summed E-state index contributed by atoms with van der Waals surface area (Å²) in [5.41, 5.74) is 0. The van der Waals surface area contributed by atoms with Crippen LogP contribution >= 0.6 is 0 Å². The molecule has 2 aliphatic rings. The molecule has 0 N–H and O–H groups in total. The van der Waals surface area contributed by atoms with Crippen molar-refractivity contribution in [1.29, 1.82) is 0 Å². The molecule has 0 aliphatic carbocycles. The van der Waals surface area contributed by atoms with Crippen LogP contribution in [0.2, 0.25) is 0 Å². The molecule has 11 heavy (non-hydrogen) atoms. The summed E-state index contributed by atoms with van der Waals surface area (Å²) in [7, 11) is 1.44. The highest BCUT2D eigenvalue weighted by Gasteiger charge is 2.44. The molecule has 3 nitrogen and oxygen atoms in total. The number of carbonyl (C=O) groups is 1. The maximum atomic E-state index is 11.1. The molecule has 0 aromatic rings. The van der Waals surface area contributed by atoms with Crippen molar-refractivity contribution in [3.05, 3.63) is 0 Å². The molecule has 0 unspecified atom stereocenters. The largest absolute Gasteiger partial charge is 0.469 e. The Labute approximate surface area is 65.7 Å². The second-order valence-electron chi connectivity index (χ2n) is 3.24. The third-order valence-corrected chi connectivity index (χ3v) is 2.61. The van der Waals surface area contributed by atoms with Crippen LogP contribution in [0.1, 0.15) is 19.3 Å². The molecule has 62 valence electrons. The van der Waals surface area contributed by atoms with Crippen molar-refractivity contribution < 1.29 is 14.3 Å². The summed E-state index contributed by atoms with van der Waals surface area (Å²) in [6.07, 6.45) is 3.52. The topological polar surface area (TPSA) is 35.5 Å². The predicted octanol–water partition coefficient (Wildman–Crippen LogP) is 0.727. The number of ether oxygens (including phenoxy) is 2. The van der Waals surface area contributed by atoms with E-state index in [1.807, 2.05) is 0 Å². The van der Waals surface area contributed by atoms with Gasteiger partial charge in [-0.1, -0.05) is 0 Å². The number of hydrogen-bond donors (Lipinski definition) is 0. The molecule has 2 saturated heterocycles. The molecule has 2 rings (SSSR count). The first kappa shape index (κ1) is 7.10. The Balaban J connectivity index is 2.02. The molecule has 3 heteroatoms. The zero-order valence-corrected chi connectivity index (χ0v) is 6.58. The van der Waals surface area contributed by atoms with Gasteiger partial charge in [0.25, 0.3) is 0 Å². The van der Waals surface area contributed by atoms with Gasteiger partial charge < -0.3 is 9.47 Å². The van der Waals surface area contributed by atoms with E-state index in [1.54, 1.807) is 0 Å². The van der Waals surface area contributed by atoms with Crippen molar-refractivity contribution >= 4 is 5.97 Å². The summed E-state index contributed by atoms with van der Waals surface area (Å²) >= 11 is 0. The van der Waals surface area contributed by atoms with Gasteiger partial charge in [0.15, 0.2) is 0 Å². The first-order valence-corrected chi connectivity index (χ1v) is 4.04. The zero-order chi connectivity index (χ0) is 7.84. The minimum absolute atomic E-state index is 0.0266. The number of esters is 1. The van der Waals surface area contributed by atoms with Crippen molar-refractivity contribution in [2.24, 2.45) is 5.92 Å². The number of methoxy groups -OCH3 is 1. The quantitative estimate of drug-likeness (QED) is 0.525. The van der Waals surface area contributed by atoms with Gasteiger partial charge in [0, 0.05) is 0 Å². The highest BCUT2D eigenvalue weighted by Crippen LogP contribution is 2.39. The summed E-state index contributed by atoms with van der Waals surface area (Å²) in [4.78, 5) is 11.1. The lowest BCUT2D eigenvalue weighted by molar-refractivity contribution is -0.147. The summed E-state index contributed by atoms with van der Waals surface area (Å²) in [6.45, 7) is 0. The molecule has 2 aliphatic heterocycles. The fourth-order valence-corrected chi connectivity index (χ4v) is 2.04. The lowest BCUT2D eigenvalue weighted by atomic mass is 9.89. The van der Waals surface area contributed by atoms with Crippen LogP contribution in [0.15, 0.2) is 0 Å². The predicted molar refractivity (Wildman–Crippen MR) is 38.0 cm³/mol. The Morgan fingerprint density at radius 2 is 2.36 bits per heavy atom. The molecule has 0 aromatic heterocycles. The average Bonchev–Trinajstić information content (AvgIpc) is 2.62. The summed E-state index contributed by atoms with van der Waals surface area (Å²) < 4.78 is 10.2. The zero-order valence-electron chi connectivity index (χ0n) is 6.58. The van der Waals surface area contributed by atoms with Gasteiger partial charge in [-0.15, -0.1) is 0 Å². The van der Waals surface area contributed by atoms with Crippen LogP contribution in [0.3, 0.4) is 0 Å². The number of hydrogen-bond acceptors (Lipinski definition) is 3. The van der Waals surface area contributed by atoms with Crippen LogP contribution in [0, 0.1) is 5.92 Å². The average molecular weight is 156 g/mol. The first-order chi connectivity index (χ1) is 5.31. The number of rotatable bonds is 1. The van der Waals surface area contributed by atoms with Gasteiger partial charge in [-0.3, -0.25) is 4.79 Å². The lowest BCUT2D eigenvalue weighted by Crippen LogP contribution is -2.26. The van der Waals surface area contributed by atoms with E-state index in [-0.39, 0.29) is 18.0 Å². The molecule has 3 atom stereocenters. The van der Waals surface area contributed by atoms with Crippen LogP contribution in [-0.4, -0.2) is 25.3 Å². The van der Waals surface area contributed by atoms with E-state index in [0.717, 1.165) is 19.3 Å². The summed E-state index contributed by atoms with van der Waals surface area (Å²) in [5.74, 6) is -0.0732. The van der Waals surface area contributed by atoms with Crippen molar-refractivity contribution in [2.45, 2.75) is 31.5 Å². The van der Waals surface area contributed by atoms with Crippen molar-refractivity contribution in [1.82, 2.24) is 0 Å². The van der Waals surface area contributed by atoms with Gasteiger partial charge >= 0.3 is 5.97 Å². The Kier molecular flexibility index (Phi) is 1.60. The van der Waals surface area contributed by atoms with Gasteiger partial charge in [-0.25, -0.2) is 0 Å². The van der Waals surface area contributed by atoms with E-state index in [2.05, 4.69) is 4.74 Å². The molecule has 2 heterocycles. The molecular formula is C8H12O3. The fourth-order valence-electron chi connectivity index (χ4n) is 2.04. The SMILES string of the molecule is COC(=O)[C@@H]1C[C@@H]2CC[C@H]1O2. The summed E-state index contributed by atoms with van der Waals surface area (Å²) in [5, 5.41) is 0. The van der Waals surface area contributed by atoms with Crippen molar-refractivity contribution in [3.8, 4) is 0 Å². The number of carbonyl (C=O) groups excluding carboxylic acids is 1. The van der Waals surface area contributed by atoms with Gasteiger partial charge in [-0.05, 0) is 19.3 Å². The second-order valence-corrected chi connectivity index (χ2v) is 3.24. The normalized spacial score (nSPS) is 41.0. The standard InChI is InChI=1S/C8H12O3/c1-10-8(9)6-4-5-2-3-7(6)11-5/h5-7H,2-4H2,1H3/t5-,6+,7+/m0/s1. The van der Waals surface area contributed by atoms with Gasteiger partial charge in [0.2, 0.25) is 0 Å². The van der Waals surface area contributed by atoms with E-state index in [4.69, 9.17) is 4.74 Å². The maximum Gasteiger partial charge on any atom is 0.311 e. The monoisotopic (exact) mass is 156 g/mol. The maximum absolute atomic E-state index is 11.1. The van der Waals surface area contributed by atoms with Gasteiger partial charge in [0.1, 0.15) is 0 Å². The Bertz CT molecular complexity index is 178. The van der Waals surface area contributed by atoms with Crippen molar-refractivity contribution in [2.75, 3.05) is 7.11 Å². The fraction of sp³-hybridized carbons (Fsp3) is 0.875. The van der Waals surface area contributed by atoms with Crippen LogP contribution in [0.5, 0.6) is 0 Å². The minimum Gasteiger partial charge on any atom is -0.469 e. The molecular weight excluding hydrogens is 144 g/mol. The van der Waals surface area contributed by atoms with Crippen molar-refractivity contribution in [3.63, 3.8) is 0 Å². The molecule has 0 radical (unpaired) electrons. The molecule has 0 amide bonds. The van der Waals surface area contributed by atoms with Crippen LogP contribution in [0.4, 0.5) is 0 Å². The molecule has 0 spiro atoms. The van der Waals surface area contributed by atoms with E-state index in [0.29, 0.717) is 6.10 Å². The highest BCUT2D eigenvalue weighted by molar-refractivity contribution is 5.73. The van der Waals surface area contributed by atoms with E-state index in [9.17, 15) is 4.79 Å². The molecule has 2 fully saturated rings. The molecule has 0 aromatic carbocycles. The third kappa shape index (κ3) is 1.03. The van der Waals surface area contributed by atoms with E-state index >= 15 is 0 Å². The second kappa shape index (κ2) is 2.48. The lowest BCUT2D eigenvalue weighted by Gasteiger charge is -2.14. The first-order valence-electron chi connectivity index (χ1n) is 4.04. The highest BCUT2D eigenvalue weighted by atomic mass is 16.5. The Morgan fingerprint density at radius 1 is 1.55 bits per heavy atom. The van der Waals surface area contributed by atoms with Gasteiger partial charge in [-0.2, -0.15) is 0 Å². The van der Waals surface area contributed by atoms with Crippen LogP contribution in [-0.2, 0) is 14.3 Å². The van der Waals surface area contributed by atoms with Gasteiger partial charge in [0.05, 0.1) is 25.2 Å². The molecule has 0 saturated carbocycles. The Hall–Kier alpha value is -0.570.